The van der Waals surface area contributed by atoms with E-state index in [-0.39, 0.29) is 5.41 Å². The Bertz CT molecular complexity index is 339. The second-order valence-electron chi connectivity index (χ2n) is 5.01. The molecular formula is C10H18N2OS. The van der Waals surface area contributed by atoms with Crippen molar-refractivity contribution in [3.63, 3.8) is 0 Å². The molecule has 0 atom stereocenters. The molecule has 0 spiro atoms. The summed E-state index contributed by atoms with van der Waals surface area (Å²) in [5, 5.41) is 8.41. The summed E-state index contributed by atoms with van der Waals surface area (Å²) in [5.41, 5.74) is 0.285. The Balaban J connectivity index is 2.69. The molecule has 1 aliphatic heterocycles. The summed E-state index contributed by atoms with van der Waals surface area (Å²) in [5.74, 6) is 1.82. The highest BCUT2D eigenvalue weighted by molar-refractivity contribution is 7.93. The maximum Gasteiger partial charge on any atom is 0.214 e. The van der Waals surface area contributed by atoms with Crippen molar-refractivity contribution in [1.82, 2.24) is 0 Å². The quantitative estimate of drug-likeness (QED) is 0.581. The maximum atomic E-state index is 11.9. The van der Waals surface area contributed by atoms with Gasteiger partial charge in [0.2, 0.25) is 6.19 Å². The second kappa shape index (κ2) is 3.90. The first-order chi connectivity index (χ1) is 6.37. The van der Waals surface area contributed by atoms with Crippen molar-refractivity contribution < 1.29 is 4.21 Å². The second-order valence-corrected chi connectivity index (χ2v) is 7.56. The number of nitriles is 1. The normalized spacial score (nSPS) is 33.4. The van der Waals surface area contributed by atoms with Gasteiger partial charge in [-0.2, -0.15) is 5.26 Å². The Kier molecular flexibility index (Phi) is 3.20. The average Bonchev–Trinajstić information content (AvgIpc) is 2.03. The van der Waals surface area contributed by atoms with E-state index >= 15 is 0 Å². The zero-order chi connectivity index (χ0) is 10.8. The summed E-state index contributed by atoms with van der Waals surface area (Å²) >= 11 is 0. The van der Waals surface area contributed by atoms with Gasteiger partial charge in [0.1, 0.15) is 0 Å². The summed E-state index contributed by atoms with van der Waals surface area (Å²) in [6.07, 6.45) is 3.56. The zero-order valence-corrected chi connectivity index (χ0v) is 9.93. The van der Waals surface area contributed by atoms with Gasteiger partial charge in [-0.05, 0) is 24.2 Å². The van der Waals surface area contributed by atoms with E-state index in [0.717, 1.165) is 12.8 Å². The highest BCUT2D eigenvalue weighted by Crippen LogP contribution is 2.35. The molecule has 0 aromatic rings. The van der Waals surface area contributed by atoms with Crippen LogP contribution in [0.1, 0.15) is 33.6 Å². The van der Waals surface area contributed by atoms with Gasteiger partial charge < -0.3 is 0 Å². The number of rotatable bonds is 0. The van der Waals surface area contributed by atoms with E-state index in [2.05, 4.69) is 25.1 Å². The summed E-state index contributed by atoms with van der Waals surface area (Å²) in [7, 11) is -2.17. The predicted octanol–water partition coefficient (Wildman–Crippen LogP) is 2.39. The first-order valence-corrected chi connectivity index (χ1v) is 6.83. The van der Waals surface area contributed by atoms with Gasteiger partial charge >= 0.3 is 0 Å². The first-order valence-electron chi connectivity index (χ1n) is 4.98. The molecule has 0 aromatic carbocycles. The molecular weight excluding hydrogens is 196 g/mol. The van der Waals surface area contributed by atoms with E-state index < -0.39 is 9.73 Å². The molecule has 0 aromatic heterocycles. The van der Waals surface area contributed by atoms with Crippen molar-refractivity contribution in [3.05, 3.63) is 0 Å². The van der Waals surface area contributed by atoms with Crippen LogP contribution in [0.5, 0.6) is 0 Å². The van der Waals surface area contributed by atoms with Gasteiger partial charge in [-0.15, -0.1) is 4.36 Å². The van der Waals surface area contributed by atoms with Crippen LogP contribution in [0.4, 0.5) is 0 Å². The molecule has 0 amide bonds. The van der Waals surface area contributed by atoms with Gasteiger partial charge in [0, 0.05) is 11.5 Å². The molecule has 0 radical (unpaired) electrons. The maximum absolute atomic E-state index is 11.9. The Morgan fingerprint density at radius 1 is 1.36 bits per heavy atom. The minimum absolute atomic E-state index is 0.285. The molecule has 1 fully saturated rings. The fourth-order valence-corrected chi connectivity index (χ4v) is 3.77. The van der Waals surface area contributed by atoms with Crippen LogP contribution < -0.4 is 0 Å². The van der Waals surface area contributed by atoms with Crippen molar-refractivity contribution in [2.24, 2.45) is 15.7 Å². The molecule has 0 saturated carbocycles. The van der Waals surface area contributed by atoms with Gasteiger partial charge in [-0.1, -0.05) is 20.8 Å². The lowest BCUT2D eigenvalue weighted by Crippen LogP contribution is -2.31. The Morgan fingerprint density at radius 3 is 2.21 bits per heavy atom. The fourth-order valence-electron chi connectivity index (χ4n) is 1.93. The van der Waals surface area contributed by atoms with Crippen molar-refractivity contribution in [2.75, 3.05) is 11.5 Å². The van der Waals surface area contributed by atoms with E-state index in [4.69, 9.17) is 5.26 Å². The van der Waals surface area contributed by atoms with E-state index in [0.29, 0.717) is 17.4 Å². The minimum Gasteiger partial charge on any atom is -0.249 e. The van der Waals surface area contributed by atoms with Crippen LogP contribution in [0.3, 0.4) is 0 Å². The van der Waals surface area contributed by atoms with Crippen molar-refractivity contribution in [2.45, 2.75) is 33.6 Å². The van der Waals surface area contributed by atoms with E-state index in [1.807, 2.05) is 0 Å². The van der Waals surface area contributed by atoms with E-state index in [1.54, 1.807) is 6.19 Å². The van der Waals surface area contributed by atoms with E-state index in [1.165, 1.54) is 0 Å². The Hall–Kier alpha value is -0.560. The summed E-state index contributed by atoms with van der Waals surface area (Å²) < 4.78 is 15.5. The molecule has 0 N–H and O–H groups in total. The molecule has 1 rings (SSSR count). The Morgan fingerprint density at radius 2 is 1.86 bits per heavy atom. The average molecular weight is 214 g/mol. The molecule has 0 unspecified atom stereocenters. The third-order valence-corrected chi connectivity index (χ3v) is 5.16. The third-order valence-electron chi connectivity index (χ3n) is 3.00. The van der Waals surface area contributed by atoms with Gasteiger partial charge in [0.05, 0.1) is 9.73 Å². The van der Waals surface area contributed by atoms with Gasteiger partial charge in [0.15, 0.2) is 0 Å². The van der Waals surface area contributed by atoms with Crippen LogP contribution >= 0.6 is 0 Å². The van der Waals surface area contributed by atoms with Crippen LogP contribution in [0.2, 0.25) is 0 Å². The van der Waals surface area contributed by atoms with Crippen LogP contribution in [-0.4, -0.2) is 15.7 Å². The molecule has 80 valence electrons. The highest BCUT2D eigenvalue weighted by Gasteiger charge is 2.30. The van der Waals surface area contributed by atoms with Gasteiger partial charge in [-0.25, -0.2) is 4.21 Å². The molecule has 0 aliphatic carbocycles. The fraction of sp³-hybridized carbons (Fsp3) is 0.900. The SMILES string of the molecule is CC(C)(C)C1CCS(=O)(=NC#N)CC1. The Labute approximate surface area is 86.7 Å². The standard InChI is InChI=1S/C10H18N2OS/c1-10(2,3)9-4-6-14(13,7-5-9)12-8-11/h9H,4-7H2,1-3H3. The molecule has 14 heavy (non-hydrogen) atoms. The monoisotopic (exact) mass is 214 g/mol. The largest absolute Gasteiger partial charge is 0.249 e. The summed E-state index contributed by atoms with van der Waals surface area (Å²) in [4.78, 5) is 0. The molecule has 1 heterocycles. The van der Waals surface area contributed by atoms with Crippen LogP contribution in [-0.2, 0) is 9.73 Å². The lowest BCUT2D eigenvalue weighted by atomic mass is 9.77. The number of hydrogen-bond acceptors (Lipinski definition) is 3. The summed E-state index contributed by atoms with van der Waals surface area (Å²) in [6.45, 7) is 6.64. The van der Waals surface area contributed by atoms with Crippen molar-refractivity contribution in [3.8, 4) is 6.19 Å². The summed E-state index contributed by atoms with van der Waals surface area (Å²) in [6, 6.07) is 0. The zero-order valence-electron chi connectivity index (χ0n) is 9.12. The lowest BCUT2D eigenvalue weighted by molar-refractivity contribution is 0.223. The number of hydrogen-bond donors (Lipinski definition) is 0. The van der Waals surface area contributed by atoms with Crippen LogP contribution in [0, 0.1) is 22.8 Å². The molecule has 4 heteroatoms. The molecule has 1 aliphatic rings. The topological polar surface area (TPSA) is 53.2 Å². The lowest BCUT2D eigenvalue weighted by Gasteiger charge is -2.34. The number of nitrogens with zero attached hydrogens (tertiary/aromatic N) is 2. The van der Waals surface area contributed by atoms with Crippen molar-refractivity contribution in [1.29, 1.82) is 5.26 Å². The molecule has 3 nitrogen and oxygen atoms in total. The van der Waals surface area contributed by atoms with Crippen LogP contribution in [0.25, 0.3) is 0 Å². The van der Waals surface area contributed by atoms with Gasteiger partial charge in [-0.3, -0.25) is 0 Å². The smallest absolute Gasteiger partial charge is 0.214 e. The first kappa shape index (κ1) is 11.5. The molecule has 0 bridgehead atoms. The minimum atomic E-state index is -2.17. The van der Waals surface area contributed by atoms with Gasteiger partial charge in [0.25, 0.3) is 0 Å². The van der Waals surface area contributed by atoms with E-state index in [9.17, 15) is 4.21 Å². The third kappa shape index (κ3) is 2.71. The highest BCUT2D eigenvalue weighted by atomic mass is 32.2. The molecule has 1 saturated heterocycles. The van der Waals surface area contributed by atoms with Crippen molar-refractivity contribution >= 4 is 9.73 Å². The van der Waals surface area contributed by atoms with Crippen LogP contribution in [0.15, 0.2) is 4.36 Å². The predicted molar refractivity (Wildman–Crippen MR) is 58.1 cm³/mol.